The van der Waals surface area contributed by atoms with Crippen molar-refractivity contribution in [2.45, 2.75) is 58.8 Å². The van der Waals surface area contributed by atoms with Gasteiger partial charge >= 0.3 is 0 Å². The summed E-state index contributed by atoms with van der Waals surface area (Å²) < 4.78 is 0. The number of rotatable bonds is 2. The SMILES string of the molecule is CC(C)(C)c1cc(Cc2ccccc2)c(O)c(C(C)(C)C)c1. The molecule has 0 bridgehead atoms. The van der Waals surface area contributed by atoms with Crippen LogP contribution in [0.2, 0.25) is 0 Å². The predicted molar refractivity (Wildman–Crippen MR) is 94.8 cm³/mol. The largest absolute Gasteiger partial charge is 0.507 e. The van der Waals surface area contributed by atoms with Crippen LogP contribution in [0.4, 0.5) is 0 Å². The molecule has 2 aromatic rings. The minimum Gasteiger partial charge on any atom is -0.507 e. The van der Waals surface area contributed by atoms with Gasteiger partial charge in [-0.3, -0.25) is 0 Å². The molecule has 0 saturated carbocycles. The second-order valence-corrected chi connectivity index (χ2v) is 8.19. The third-order valence-electron chi connectivity index (χ3n) is 4.10. The van der Waals surface area contributed by atoms with Crippen LogP contribution in [0.15, 0.2) is 42.5 Å². The third kappa shape index (κ3) is 3.71. The van der Waals surface area contributed by atoms with E-state index in [1.165, 1.54) is 11.1 Å². The van der Waals surface area contributed by atoms with Crippen molar-refractivity contribution in [3.05, 3.63) is 64.7 Å². The summed E-state index contributed by atoms with van der Waals surface area (Å²) in [7, 11) is 0. The Morgan fingerprint density at radius 3 is 1.91 bits per heavy atom. The van der Waals surface area contributed by atoms with Gasteiger partial charge in [0, 0.05) is 6.42 Å². The fourth-order valence-electron chi connectivity index (χ4n) is 2.65. The molecule has 0 amide bonds. The van der Waals surface area contributed by atoms with E-state index < -0.39 is 0 Å². The van der Waals surface area contributed by atoms with Crippen molar-refractivity contribution in [2.24, 2.45) is 0 Å². The fourth-order valence-corrected chi connectivity index (χ4v) is 2.65. The van der Waals surface area contributed by atoms with Crippen LogP contribution >= 0.6 is 0 Å². The summed E-state index contributed by atoms with van der Waals surface area (Å²) in [6.45, 7) is 13.1. The first-order chi connectivity index (χ1) is 10.1. The van der Waals surface area contributed by atoms with Crippen LogP contribution in [0, 0.1) is 0 Å². The summed E-state index contributed by atoms with van der Waals surface area (Å²) in [5.41, 5.74) is 4.55. The number of hydrogen-bond donors (Lipinski definition) is 1. The summed E-state index contributed by atoms with van der Waals surface area (Å²) in [5, 5.41) is 10.8. The van der Waals surface area contributed by atoms with Gasteiger partial charge in [0.2, 0.25) is 0 Å². The molecule has 0 saturated heterocycles. The summed E-state index contributed by atoms with van der Waals surface area (Å²) in [6.07, 6.45) is 0.764. The van der Waals surface area contributed by atoms with Crippen molar-refractivity contribution in [3.8, 4) is 5.75 Å². The molecule has 0 atom stereocenters. The molecule has 0 fully saturated rings. The molecule has 0 aliphatic rings. The quantitative estimate of drug-likeness (QED) is 0.767. The highest BCUT2D eigenvalue weighted by molar-refractivity contribution is 5.50. The maximum Gasteiger partial charge on any atom is 0.122 e. The zero-order valence-electron chi connectivity index (χ0n) is 14.7. The minimum atomic E-state index is -0.0726. The van der Waals surface area contributed by atoms with Crippen molar-refractivity contribution < 1.29 is 5.11 Å². The van der Waals surface area contributed by atoms with Gasteiger partial charge in [-0.15, -0.1) is 0 Å². The third-order valence-corrected chi connectivity index (χ3v) is 4.10. The molecule has 22 heavy (non-hydrogen) atoms. The zero-order chi connectivity index (χ0) is 16.5. The van der Waals surface area contributed by atoms with Crippen molar-refractivity contribution in [1.29, 1.82) is 0 Å². The lowest BCUT2D eigenvalue weighted by molar-refractivity contribution is 0.439. The van der Waals surface area contributed by atoms with Crippen LogP contribution in [0.1, 0.15) is 63.8 Å². The molecule has 0 unspecified atom stereocenters. The number of hydrogen-bond acceptors (Lipinski definition) is 1. The van der Waals surface area contributed by atoms with Crippen molar-refractivity contribution >= 4 is 0 Å². The lowest BCUT2D eigenvalue weighted by Crippen LogP contribution is -2.17. The van der Waals surface area contributed by atoms with E-state index in [1.54, 1.807) is 0 Å². The summed E-state index contributed by atoms with van der Waals surface area (Å²) in [6, 6.07) is 14.7. The molecule has 1 nitrogen and oxygen atoms in total. The van der Waals surface area contributed by atoms with E-state index in [2.05, 4.69) is 65.8 Å². The Labute approximate surface area is 135 Å². The normalized spacial score (nSPS) is 12.5. The average molecular weight is 296 g/mol. The Kier molecular flexibility index (Phi) is 4.37. The first kappa shape index (κ1) is 16.6. The van der Waals surface area contributed by atoms with Crippen molar-refractivity contribution in [2.75, 3.05) is 0 Å². The Morgan fingerprint density at radius 1 is 0.818 bits per heavy atom. The molecule has 0 radical (unpaired) electrons. The molecule has 2 rings (SSSR count). The lowest BCUT2D eigenvalue weighted by atomic mass is 9.78. The van der Waals surface area contributed by atoms with E-state index in [0.29, 0.717) is 5.75 Å². The van der Waals surface area contributed by atoms with Gasteiger partial charge in [-0.2, -0.15) is 0 Å². The molecule has 118 valence electrons. The standard InChI is InChI=1S/C21H28O/c1-20(2,3)17-13-16(12-15-10-8-7-9-11-15)19(22)18(14-17)21(4,5)6/h7-11,13-14,22H,12H2,1-6H3. The van der Waals surface area contributed by atoms with Crippen molar-refractivity contribution in [3.63, 3.8) is 0 Å². The van der Waals surface area contributed by atoms with Crippen LogP contribution in [-0.4, -0.2) is 5.11 Å². The maximum absolute atomic E-state index is 10.8. The Morgan fingerprint density at radius 2 is 1.41 bits per heavy atom. The predicted octanol–water partition coefficient (Wildman–Crippen LogP) is 5.58. The van der Waals surface area contributed by atoms with Gasteiger partial charge in [-0.25, -0.2) is 0 Å². The maximum atomic E-state index is 10.8. The highest BCUT2D eigenvalue weighted by Crippen LogP contribution is 2.38. The van der Waals surface area contributed by atoms with Gasteiger partial charge < -0.3 is 5.11 Å². The van der Waals surface area contributed by atoms with Gasteiger partial charge in [0.25, 0.3) is 0 Å². The van der Waals surface area contributed by atoms with E-state index in [0.717, 1.165) is 17.5 Å². The Hall–Kier alpha value is -1.76. The van der Waals surface area contributed by atoms with Crippen LogP contribution < -0.4 is 0 Å². The zero-order valence-corrected chi connectivity index (χ0v) is 14.7. The molecule has 1 heteroatoms. The van der Waals surface area contributed by atoms with Crippen LogP contribution in [-0.2, 0) is 17.3 Å². The van der Waals surface area contributed by atoms with Gasteiger partial charge in [0.1, 0.15) is 5.75 Å². The molecule has 0 aliphatic carbocycles. The summed E-state index contributed by atoms with van der Waals surface area (Å²) in [5.74, 6) is 0.448. The van der Waals surface area contributed by atoms with Crippen LogP contribution in [0.5, 0.6) is 5.75 Å². The van der Waals surface area contributed by atoms with Gasteiger partial charge in [-0.05, 0) is 33.1 Å². The number of aromatic hydroxyl groups is 1. The highest BCUT2D eigenvalue weighted by Gasteiger charge is 2.24. The second-order valence-electron chi connectivity index (χ2n) is 8.19. The first-order valence-corrected chi connectivity index (χ1v) is 8.00. The number of phenolic OH excluding ortho intramolecular Hbond substituents is 1. The van der Waals surface area contributed by atoms with Gasteiger partial charge in [0.15, 0.2) is 0 Å². The Bertz CT molecular complexity index is 640. The van der Waals surface area contributed by atoms with Gasteiger partial charge in [-0.1, -0.05) is 84.0 Å². The van der Waals surface area contributed by atoms with E-state index in [1.807, 2.05) is 18.2 Å². The molecule has 0 aromatic heterocycles. The molecular formula is C21H28O. The smallest absolute Gasteiger partial charge is 0.122 e. The van der Waals surface area contributed by atoms with Crippen molar-refractivity contribution in [1.82, 2.24) is 0 Å². The van der Waals surface area contributed by atoms with E-state index in [-0.39, 0.29) is 10.8 Å². The Balaban J connectivity index is 2.57. The molecule has 0 aliphatic heterocycles. The minimum absolute atomic E-state index is 0.0686. The fraction of sp³-hybridized carbons (Fsp3) is 0.429. The van der Waals surface area contributed by atoms with E-state index in [4.69, 9.17) is 0 Å². The molecule has 1 N–H and O–H groups in total. The highest BCUT2D eigenvalue weighted by atomic mass is 16.3. The molecule has 0 heterocycles. The van der Waals surface area contributed by atoms with Gasteiger partial charge in [0.05, 0.1) is 0 Å². The second kappa shape index (κ2) is 5.79. The topological polar surface area (TPSA) is 20.2 Å². The molecule has 0 spiro atoms. The summed E-state index contributed by atoms with van der Waals surface area (Å²) >= 11 is 0. The number of phenols is 1. The van der Waals surface area contributed by atoms with E-state index >= 15 is 0 Å². The monoisotopic (exact) mass is 296 g/mol. The molecular weight excluding hydrogens is 268 g/mol. The van der Waals surface area contributed by atoms with E-state index in [9.17, 15) is 5.11 Å². The average Bonchev–Trinajstić information content (AvgIpc) is 2.39. The first-order valence-electron chi connectivity index (χ1n) is 8.00. The molecule has 2 aromatic carbocycles. The van der Waals surface area contributed by atoms with Crippen LogP contribution in [0.25, 0.3) is 0 Å². The lowest BCUT2D eigenvalue weighted by Gasteiger charge is -2.27. The van der Waals surface area contributed by atoms with Crippen LogP contribution in [0.3, 0.4) is 0 Å². The summed E-state index contributed by atoms with van der Waals surface area (Å²) in [4.78, 5) is 0. The number of benzene rings is 2.